The zero-order chi connectivity index (χ0) is 18.8. The van der Waals surface area contributed by atoms with E-state index in [1.807, 2.05) is 0 Å². The van der Waals surface area contributed by atoms with Gasteiger partial charge in [0, 0.05) is 24.9 Å². The largest absolute Gasteiger partial charge is 1.00 e. The third kappa shape index (κ3) is 18.9. The van der Waals surface area contributed by atoms with E-state index in [0.717, 1.165) is 51.4 Å². The van der Waals surface area contributed by atoms with Crippen LogP contribution < -0.4 is 34.8 Å². The van der Waals surface area contributed by atoms with Gasteiger partial charge in [0.1, 0.15) is 18.5 Å². The van der Waals surface area contributed by atoms with Gasteiger partial charge in [-0.2, -0.15) is 4.33 Å². The van der Waals surface area contributed by atoms with Crippen LogP contribution in [-0.4, -0.2) is 30.4 Å². The predicted molar refractivity (Wildman–Crippen MR) is 93.0 cm³/mol. The molecule has 0 unspecified atom stereocenters. The van der Waals surface area contributed by atoms with E-state index in [0.29, 0.717) is 24.9 Å². The Bertz CT molecular complexity index is 317. The fourth-order valence-electron chi connectivity index (χ4n) is 2.08. The summed E-state index contributed by atoms with van der Waals surface area (Å²) in [6.07, 6.45) is 8.66. The average Bonchev–Trinajstić information content (AvgIpc) is 2.61. The zero-order valence-electron chi connectivity index (χ0n) is 16.3. The summed E-state index contributed by atoms with van der Waals surface area (Å²) < 4.78 is 14.5. The number of hydrogen-bond acceptors (Lipinski definition) is 8. The Labute approximate surface area is 183 Å². The maximum atomic E-state index is 11.7. The molecule has 9 heteroatoms. The average molecular weight is 402 g/mol. The third-order valence-corrected chi connectivity index (χ3v) is 4.21. The second-order valence-corrected chi connectivity index (χ2v) is 6.84. The molecule has 0 amide bonds. The number of carbonyl (C=O) groups excluding carboxylic acids is 2. The Morgan fingerprint density at radius 3 is 1.69 bits per heavy atom. The molecule has 0 aliphatic rings. The molecule has 26 heavy (non-hydrogen) atoms. The van der Waals surface area contributed by atoms with E-state index in [4.69, 9.17) is 9.47 Å². The van der Waals surface area contributed by atoms with Gasteiger partial charge >= 0.3 is 41.5 Å². The van der Waals surface area contributed by atoms with Crippen LogP contribution in [0, 0.1) is 0 Å². The van der Waals surface area contributed by atoms with Crippen LogP contribution in [0.4, 0.5) is 0 Å². The van der Waals surface area contributed by atoms with E-state index in [2.05, 4.69) is 23.2 Å². The van der Waals surface area contributed by atoms with Gasteiger partial charge in [0.25, 0.3) is 0 Å². The third-order valence-electron chi connectivity index (χ3n) is 3.53. The summed E-state index contributed by atoms with van der Waals surface area (Å²) in [5, 5.41) is 12.8. The molecule has 0 fully saturated rings. The van der Waals surface area contributed by atoms with Crippen molar-refractivity contribution in [2.75, 3.05) is 13.2 Å². The van der Waals surface area contributed by atoms with Crippen LogP contribution in [-0.2, 0) is 28.4 Å². The maximum Gasteiger partial charge on any atom is 1.00 e. The second-order valence-electron chi connectivity index (χ2n) is 5.84. The summed E-state index contributed by atoms with van der Waals surface area (Å²) in [6.45, 7) is 4.18. The molecular formula is C17H31NaO7S. The molecule has 0 saturated heterocycles. The Hall–Kier alpha value is 0.170. The first-order valence-electron chi connectivity index (χ1n) is 9.07. The van der Waals surface area contributed by atoms with Crippen molar-refractivity contribution in [3.63, 3.8) is 0 Å². The molecule has 0 aliphatic carbocycles. The summed E-state index contributed by atoms with van der Waals surface area (Å²) in [5.41, 5.74) is 0. The maximum absolute atomic E-state index is 11.7. The molecule has 0 aromatic rings. The smallest absolute Gasteiger partial charge is 0.691 e. The first kappa shape index (κ1) is 28.4. The van der Waals surface area contributed by atoms with Gasteiger partial charge in [-0.3, -0.25) is 14.6 Å². The minimum Gasteiger partial charge on any atom is -0.691 e. The van der Waals surface area contributed by atoms with E-state index >= 15 is 0 Å². The van der Waals surface area contributed by atoms with Crippen molar-refractivity contribution in [2.24, 2.45) is 0 Å². The predicted octanol–water partition coefficient (Wildman–Crippen LogP) is 0.258. The second kappa shape index (κ2) is 21.5. The number of ether oxygens (including phenoxy) is 2. The molecule has 148 valence electrons. The summed E-state index contributed by atoms with van der Waals surface area (Å²) in [4.78, 5) is 23.3. The van der Waals surface area contributed by atoms with Crippen molar-refractivity contribution in [1.82, 2.24) is 0 Å². The normalized spacial score (nSPS) is 10.5. The SMILES string of the molecule is CCCCCCC(=O)OCC(COC(=O)CCCCCC)SOO[O-].[Na+]. The topological polar surface area (TPSA) is 94.1 Å². The summed E-state index contributed by atoms with van der Waals surface area (Å²) in [6, 6.07) is 0. The van der Waals surface area contributed by atoms with Gasteiger partial charge in [-0.1, -0.05) is 52.4 Å². The molecule has 0 N–H and O–H groups in total. The van der Waals surface area contributed by atoms with Gasteiger partial charge in [0.05, 0.1) is 0 Å². The van der Waals surface area contributed by atoms with Crippen LogP contribution in [0.15, 0.2) is 0 Å². The molecule has 0 spiro atoms. The first-order valence-corrected chi connectivity index (χ1v) is 9.87. The van der Waals surface area contributed by atoms with Crippen LogP contribution in [0.2, 0.25) is 0 Å². The molecule has 0 bridgehead atoms. The minimum absolute atomic E-state index is 0. The van der Waals surface area contributed by atoms with E-state index in [-0.39, 0.29) is 54.7 Å². The number of esters is 2. The Balaban J connectivity index is 0. The molecule has 0 aromatic carbocycles. The van der Waals surface area contributed by atoms with E-state index in [1.54, 1.807) is 0 Å². The quantitative estimate of drug-likeness (QED) is 0.0854. The van der Waals surface area contributed by atoms with Crippen molar-refractivity contribution in [3.05, 3.63) is 0 Å². The van der Waals surface area contributed by atoms with Crippen molar-refractivity contribution in [1.29, 1.82) is 0 Å². The Morgan fingerprint density at radius 1 is 0.846 bits per heavy atom. The molecule has 0 aliphatic heterocycles. The van der Waals surface area contributed by atoms with Crippen molar-refractivity contribution >= 4 is 24.0 Å². The standard InChI is InChI=1S/C17H32O7S.Na/c1-3-5-7-9-11-16(18)21-13-15(25-24-23-20)14-22-17(19)12-10-8-6-4-2;/h15,20H,3-14H2,1-2H3;/q;+1/p-1. The number of carbonyl (C=O) groups is 2. The Morgan fingerprint density at radius 2 is 1.31 bits per heavy atom. The number of rotatable bonds is 17. The zero-order valence-corrected chi connectivity index (χ0v) is 19.1. The van der Waals surface area contributed by atoms with Crippen LogP contribution >= 0.6 is 12.0 Å². The number of hydrogen-bond donors (Lipinski definition) is 0. The molecule has 0 aromatic heterocycles. The van der Waals surface area contributed by atoms with Gasteiger partial charge in [-0.25, -0.2) is 0 Å². The Kier molecular flexibility index (Phi) is 23.4. The van der Waals surface area contributed by atoms with Gasteiger partial charge < -0.3 is 14.7 Å². The fraction of sp³-hybridized carbons (Fsp3) is 0.882. The molecule has 0 atom stereocenters. The van der Waals surface area contributed by atoms with Gasteiger partial charge in [-0.15, -0.1) is 0 Å². The molecule has 0 heterocycles. The van der Waals surface area contributed by atoms with E-state index in [9.17, 15) is 14.8 Å². The molecule has 0 radical (unpaired) electrons. The van der Waals surface area contributed by atoms with Crippen molar-refractivity contribution < 1.29 is 63.2 Å². The van der Waals surface area contributed by atoms with Crippen LogP contribution in [0.5, 0.6) is 0 Å². The van der Waals surface area contributed by atoms with Crippen LogP contribution in [0.3, 0.4) is 0 Å². The summed E-state index contributed by atoms with van der Waals surface area (Å²) in [5.74, 6) is -0.619. The van der Waals surface area contributed by atoms with Gasteiger partial charge in [-0.05, 0) is 12.8 Å². The van der Waals surface area contributed by atoms with Crippen molar-refractivity contribution in [3.8, 4) is 0 Å². The van der Waals surface area contributed by atoms with E-state index in [1.165, 1.54) is 0 Å². The first-order chi connectivity index (χ1) is 12.1. The fourth-order valence-corrected chi connectivity index (χ4v) is 2.47. The number of unbranched alkanes of at least 4 members (excludes halogenated alkanes) is 6. The minimum atomic E-state index is -0.506. The monoisotopic (exact) mass is 402 g/mol. The molecular weight excluding hydrogens is 371 g/mol. The van der Waals surface area contributed by atoms with Gasteiger partial charge in [0.15, 0.2) is 0 Å². The van der Waals surface area contributed by atoms with E-state index < -0.39 is 5.25 Å². The van der Waals surface area contributed by atoms with Crippen LogP contribution in [0.1, 0.15) is 78.1 Å². The summed E-state index contributed by atoms with van der Waals surface area (Å²) in [7, 11) is 0. The molecule has 0 saturated carbocycles. The molecule has 0 rings (SSSR count). The summed E-state index contributed by atoms with van der Waals surface area (Å²) >= 11 is 0.680. The van der Waals surface area contributed by atoms with Crippen LogP contribution in [0.25, 0.3) is 0 Å². The molecule has 7 nitrogen and oxygen atoms in total. The van der Waals surface area contributed by atoms with Gasteiger partial charge in [0.2, 0.25) is 0 Å². The van der Waals surface area contributed by atoms with Crippen molar-refractivity contribution in [2.45, 2.75) is 83.3 Å².